The number of rotatable bonds is 63. The maximum Gasteiger partial charge on any atom is 0.305 e. The average Bonchev–Trinajstić information content (AvgIpc) is 3.35. The second kappa shape index (κ2) is 64.5. The molecule has 0 atom stereocenters. The Balaban J connectivity index is 3.14. The first-order valence-electron chi connectivity index (χ1n) is 33.0. The summed E-state index contributed by atoms with van der Waals surface area (Å²) in [6.07, 6.45) is 87.7. The van der Waals surface area contributed by atoms with Crippen LogP contribution in [0.2, 0.25) is 0 Å². The third kappa shape index (κ3) is 63.5. The third-order valence-corrected chi connectivity index (χ3v) is 15.7. The standard InChI is InChI=1S/C66H132O2/c1-3-5-7-9-11-13-15-17-19-21-23-25-27-29-31-32-33-34-35-36-37-38-39-40-42-44-46-48-50-52-54-56-58-60-62-64-66(67)68-65-63-61-59-57-55-53-51-49-47-45-43-41-30-28-26-24-22-20-18-16-14-12-10-8-6-4-2/h3-65H2,1-2H3. The summed E-state index contributed by atoms with van der Waals surface area (Å²) in [7, 11) is 0. The zero-order chi connectivity index (χ0) is 48.8. The van der Waals surface area contributed by atoms with E-state index in [1.165, 1.54) is 379 Å². The van der Waals surface area contributed by atoms with Crippen LogP contribution < -0.4 is 0 Å². The molecule has 408 valence electrons. The Morgan fingerprint density at radius 3 is 0.485 bits per heavy atom. The molecule has 0 aromatic carbocycles. The smallest absolute Gasteiger partial charge is 0.305 e. The van der Waals surface area contributed by atoms with Crippen molar-refractivity contribution in [2.45, 2.75) is 412 Å². The number of carbonyl (C=O) groups is 1. The topological polar surface area (TPSA) is 26.3 Å². The van der Waals surface area contributed by atoms with Crippen molar-refractivity contribution in [1.29, 1.82) is 0 Å². The summed E-state index contributed by atoms with van der Waals surface area (Å²) in [4.78, 5) is 12.1. The Hall–Kier alpha value is -0.530. The fourth-order valence-corrected chi connectivity index (χ4v) is 10.9. The predicted molar refractivity (Wildman–Crippen MR) is 309 cm³/mol. The van der Waals surface area contributed by atoms with Crippen molar-refractivity contribution in [1.82, 2.24) is 0 Å². The zero-order valence-electron chi connectivity index (χ0n) is 47.9. The molecular weight excluding hydrogens is 825 g/mol. The van der Waals surface area contributed by atoms with Crippen LogP contribution in [0.4, 0.5) is 0 Å². The minimum absolute atomic E-state index is 0.0376. The van der Waals surface area contributed by atoms with Gasteiger partial charge < -0.3 is 4.74 Å². The van der Waals surface area contributed by atoms with E-state index in [4.69, 9.17) is 4.74 Å². The Labute approximate surface area is 432 Å². The number of ether oxygens (including phenoxy) is 1. The summed E-state index contributed by atoms with van der Waals surface area (Å²) in [6, 6.07) is 0. The second-order valence-electron chi connectivity index (χ2n) is 22.8. The van der Waals surface area contributed by atoms with Gasteiger partial charge in [0.2, 0.25) is 0 Å². The van der Waals surface area contributed by atoms with Crippen LogP contribution in [0.3, 0.4) is 0 Å². The van der Waals surface area contributed by atoms with Crippen LogP contribution in [0.5, 0.6) is 0 Å². The number of unbranched alkanes of at least 4 members (excludes halogenated alkanes) is 59. The monoisotopic (exact) mass is 957 g/mol. The molecule has 0 heterocycles. The lowest BCUT2D eigenvalue weighted by Crippen LogP contribution is -2.05. The molecule has 0 aliphatic carbocycles. The van der Waals surface area contributed by atoms with Crippen LogP contribution in [0.15, 0.2) is 0 Å². The van der Waals surface area contributed by atoms with Gasteiger partial charge in [-0.2, -0.15) is 0 Å². The Morgan fingerprint density at radius 2 is 0.324 bits per heavy atom. The lowest BCUT2D eigenvalue weighted by atomic mass is 10.0. The van der Waals surface area contributed by atoms with E-state index >= 15 is 0 Å². The molecule has 0 saturated carbocycles. The highest BCUT2D eigenvalue weighted by Crippen LogP contribution is 2.19. The van der Waals surface area contributed by atoms with Gasteiger partial charge in [0.15, 0.2) is 0 Å². The maximum atomic E-state index is 12.1. The molecule has 0 aromatic rings. The molecule has 0 aliphatic rings. The highest BCUT2D eigenvalue weighted by Gasteiger charge is 2.04. The van der Waals surface area contributed by atoms with E-state index in [1.807, 2.05) is 0 Å². The van der Waals surface area contributed by atoms with Crippen molar-refractivity contribution in [3.8, 4) is 0 Å². The Bertz CT molecular complexity index is 867. The fraction of sp³-hybridized carbons (Fsp3) is 0.985. The molecule has 0 aliphatic heterocycles. The predicted octanol–water partition coefficient (Wildman–Crippen LogP) is 24.8. The summed E-state index contributed by atoms with van der Waals surface area (Å²) in [5.74, 6) is 0.0376. The van der Waals surface area contributed by atoms with E-state index in [0.717, 1.165) is 12.8 Å². The van der Waals surface area contributed by atoms with E-state index in [2.05, 4.69) is 13.8 Å². The van der Waals surface area contributed by atoms with Crippen molar-refractivity contribution >= 4 is 5.97 Å². The third-order valence-electron chi connectivity index (χ3n) is 15.7. The van der Waals surface area contributed by atoms with Gasteiger partial charge in [-0.25, -0.2) is 0 Å². The average molecular weight is 958 g/mol. The number of esters is 1. The molecule has 0 fully saturated rings. The summed E-state index contributed by atoms with van der Waals surface area (Å²) in [5.41, 5.74) is 0. The summed E-state index contributed by atoms with van der Waals surface area (Å²) in [6.45, 7) is 5.25. The van der Waals surface area contributed by atoms with Crippen LogP contribution >= 0.6 is 0 Å². The molecule has 0 N–H and O–H groups in total. The number of hydrogen-bond donors (Lipinski definition) is 0. The molecule has 0 amide bonds. The number of hydrogen-bond acceptors (Lipinski definition) is 2. The summed E-state index contributed by atoms with van der Waals surface area (Å²) in [5, 5.41) is 0. The van der Waals surface area contributed by atoms with Gasteiger partial charge in [-0.1, -0.05) is 393 Å². The van der Waals surface area contributed by atoms with E-state index in [-0.39, 0.29) is 5.97 Å². The van der Waals surface area contributed by atoms with E-state index in [1.54, 1.807) is 0 Å². The first-order valence-corrected chi connectivity index (χ1v) is 33.0. The molecule has 0 aromatic heterocycles. The van der Waals surface area contributed by atoms with Crippen molar-refractivity contribution in [3.63, 3.8) is 0 Å². The first-order chi connectivity index (χ1) is 33.8. The van der Waals surface area contributed by atoms with Gasteiger partial charge in [0.25, 0.3) is 0 Å². The molecule has 0 bridgehead atoms. The van der Waals surface area contributed by atoms with Gasteiger partial charge in [-0.15, -0.1) is 0 Å². The minimum atomic E-state index is 0.0376. The SMILES string of the molecule is CCCCCCCCCCCCCCCCCCCCCCCCCCCCCCCCCCCCCC(=O)OCCCCCCCCCCCCCCCCCCCCCCCCCCCC. The normalized spacial score (nSPS) is 11.6. The highest BCUT2D eigenvalue weighted by molar-refractivity contribution is 5.69. The van der Waals surface area contributed by atoms with Crippen molar-refractivity contribution < 1.29 is 9.53 Å². The van der Waals surface area contributed by atoms with Crippen molar-refractivity contribution in [3.05, 3.63) is 0 Å². The van der Waals surface area contributed by atoms with Crippen LogP contribution in [-0.2, 0) is 9.53 Å². The van der Waals surface area contributed by atoms with E-state index in [9.17, 15) is 4.79 Å². The van der Waals surface area contributed by atoms with Gasteiger partial charge >= 0.3 is 5.97 Å². The zero-order valence-corrected chi connectivity index (χ0v) is 47.9. The quantitative estimate of drug-likeness (QED) is 0.0449. The van der Waals surface area contributed by atoms with Crippen LogP contribution in [0.1, 0.15) is 412 Å². The highest BCUT2D eigenvalue weighted by atomic mass is 16.5. The summed E-state index contributed by atoms with van der Waals surface area (Å²) < 4.78 is 5.53. The molecule has 0 saturated heterocycles. The maximum absolute atomic E-state index is 12.1. The molecule has 0 rings (SSSR count). The largest absolute Gasteiger partial charge is 0.466 e. The summed E-state index contributed by atoms with van der Waals surface area (Å²) >= 11 is 0. The lowest BCUT2D eigenvalue weighted by Gasteiger charge is -2.06. The van der Waals surface area contributed by atoms with Crippen molar-refractivity contribution in [2.24, 2.45) is 0 Å². The minimum Gasteiger partial charge on any atom is -0.466 e. The molecule has 68 heavy (non-hydrogen) atoms. The van der Waals surface area contributed by atoms with Crippen LogP contribution in [-0.4, -0.2) is 12.6 Å². The van der Waals surface area contributed by atoms with Gasteiger partial charge in [0, 0.05) is 6.42 Å². The molecule has 0 spiro atoms. The molecular formula is C66H132O2. The molecule has 2 heteroatoms. The van der Waals surface area contributed by atoms with Gasteiger partial charge in [0.05, 0.1) is 6.61 Å². The van der Waals surface area contributed by atoms with Crippen LogP contribution in [0.25, 0.3) is 0 Å². The Morgan fingerprint density at radius 1 is 0.191 bits per heavy atom. The van der Waals surface area contributed by atoms with E-state index in [0.29, 0.717) is 13.0 Å². The fourth-order valence-electron chi connectivity index (χ4n) is 10.9. The second-order valence-corrected chi connectivity index (χ2v) is 22.8. The van der Waals surface area contributed by atoms with Crippen molar-refractivity contribution in [2.75, 3.05) is 6.61 Å². The Kier molecular flexibility index (Phi) is 64.0. The molecule has 2 nitrogen and oxygen atoms in total. The molecule has 0 unspecified atom stereocenters. The number of carbonyl (C=O) groups excluding carboxylic acids is 1. The van der Waals surface area contributed by atoms with Gasteiger partial charge in [-0.05, 0) is 12.8 Å². The molecule has 0 radical (unpaired) electrons. The van der Waals surface area contributed by atoms with Crippen LogP contribution in [0, 0.1) is 0 Å². The first kappa shape index (κ1) is 67.5. The lowest BCUT2D eigenvalue weighted by molar-refractivity contribution is -0.143. The van der Waals surface area contributed by atoms with E-state index < -0.39 is 0 Å². The van der Waals surface area contributed by atoms with Gasteiger partial charge in [0.1, 0.15) is 0 Å². The van der Waals surface area contributed by atoms with Gasteiger partial charge in [-0.3, -0.25) is 4.79 Å².